The number of halogens is 2. The van der Waals surface area contributed by atoms with E-state index >= 15 is 0 Å². The first-order valence-electron chi connectivity index (χ1n) is 10.6. The first-order chi connectivity index (χ1) is 16.2. The monoisotopic (exact) mass is 509 g/mol. The van der Waals surface area contributed by atoms with Crippen LogP contribution in [0.4, 0.5) is 0 Å². The van der Waals surface area contributed by atoms with Crippen molar-refractivity contribution in [1.82, 2.24) is 4.98 Å². The number of pyridine rings is 1. The van der Waals surface area contributed by atoms with Crippen LogP contribution in [0.5, 0.6) is 0 Å². The van der Waals surface area contributed by atoms with Gasteiger partial charge in [-0.3, -0.25) is 0 Å². The van der Waals surface area contributed by atoms with Crippen molar-refractivity contribution >= 4 is 49.5 Å². The van der Waals surface area contributed by atoms with Crippen LogP contribution in [-0.2, 0) is 0 Å². The normalized spacial score (nSPS) is 11.3. The van der Waals surface area contributed by atoms with E-state index in [4.69, 9.17) is 21.0 Å². The molecule has 0 aliphatic carbocycles. The maximum Gasteiger partial charge on any atom is 0.143 e. The predicted molar refractivity (Wildman–Crippen MR) is 141 cm³/mol. The van der Waals surface area contributed by atoms with Crippen molar-refractivity contribution < 1.29 is 4.42 Å². The molecule has 33 heavy (non-hydrogen) atoms. The van der Waals surface area contributed by atoms with Crippen molar-refractivity contribution in [2.45, 2.75) is 0 Å². The summed E-state index contributed by atoms with van der Waals surface area (Å²) in [5.74, 6) is 0. The zero-order valence-electron chi connectivity index (χ0n) is 17.4. The minimum atomic E-state index is 0.708. The average molecular weight is 511 g/mol. The predicted octanol–water partition coefficient (Wildman–Crippen LogP) is 9.40. The average Bonchev–Trinajstić information content (AvgIpc) is 3.24. The van der Waals surface area contributed by atoms with Crippen molar-refractivity contribution in [3.63, 3.8) is 0 Å². The zero-order chi connectivity index (χ0) is 22.4. The highest BCUT2D eigenvalue weighted by Crippen LogP contribution is 2.40. The number of nitrogens with zero attached hydrogens (tertiary/aromatic N) is 1. The number of hydrogen-bond donors (Lipinski definition) is 0. The van der Waals surface area contributed by atoms with E-state index in [0.717, 1.165) is 60.1 Å². The fraction of sp³-hybridized carbons (Fsp3) is 0. The van der Waals surface area contributed by atoms with Crippen LogP contribution in [0, 0.1) is 0 Å². The van der Waals surface area contributed by atoms with Gasteiger partial charge in [0, 0.05) is 42.5 Å². The SMILES string of the molecule is Clc1ccc(-c2ccc(-c3cccc4c3oc3ccccc34)c(-c3ccc(Br)cc3)n2)cc1. The lowest BCUT2D eigenvalue weighted by Crippen LogP contribution is -1.93. The van der Waals surface area contributed by atoms with Crippen molar-refractivity contribution in [2.24, 2.45) is 0 Å². The minimum absolute atomic E-state index is 0.708. The Morgan fingerprint density at radius 2 is 1.36 bits per heavy atom. The van der Waals surface area contributed by atoms with Gasteiger partial charge in [0.25, 0.3) is 0 Å². The molecule has 0 saturated carbocycles. The highest BCUT2D eigenvalue weighted by molar-refractivity contribution is 9.10. The third kappa shape index (κ3) is 3.64. The zero-order valence-corrected chi connectivity index (χ0v) is 19.8. The second kappa shape index (κ2) is 8.18. The summed E-state index contributed by atoms with van der Waals surface area (Å²) in [5, 5.41) is 2.93. The summed E-state index contributed by atoms with van der Waals surface area (Å²) in [5.41, 5.74) is 7.67. The smallest absolute Gasteiger partial charge is 0.143 e. The second-order valence-electron chi connectivity index (χ2n) is 7.89. The largest absolute Gasteiger partial charge is 0.455 e. The molecule has 0 aliphatic heterocycles. The molecule has 4 heteroatoms. The number of fused-ring (bicyclic) bond motifs is 3. The summed E-state index contributed by atoms with van der Waals surface area (Å²) in [7, 11) is 0. The van der Waals surface area contributed by atoms with Crippen LogP contribution in [0.25, 0.3) is 55.6 Å². The molecule has 0 bridgehead atoms. The Labute approximate surface area is 204 Å². The van der Waals surface area contributed by atoms with Crippen LogP contribution < -0.4 is 0 Å². The highest BCUT2D eigenvalue weighted by atomic mass is 79.9. The molecule has 0 unspecified atom stereocenters. The molecule has 0 amide bonds. The molecular formula is C29H17BrClNO. The van der Waals surface area contributed by atoms with Gasteiger partial charge in [-0.15, -0.1) is 0 Å². The van der Waals surface area contributed by atoms with E-state index in [0.29, 0.717) is 5.02 Å². The van der Waals surface area contributed by atoms with Gasteiger partial charge >= 0.3 is 0 Å². The van der Waals surface area contributed by atoms with Crippen LogP contribution in [0.15, 0.2) is 112 Å². The fourth-order valence-electron chi connectivity index (χ4n) is 4.24. The van der Waals surface area contributed by atoms with Crippen molar-refractivity contribution in [3.05, 3.63) is 113 Å². The molecule has 0 aliphatic rings. The van der Waals surface area contributed by atoms with E-state index in [1.807, 2.05) is 54.6 Å². The number of benzene rings is 4. The molecule has 0 N–H and O–H groups in total. The standard InChI is InChI=1S/C29H17BrClNO/c30-20-12-8-19(9-13-20)28-23(16-17-26(32-28)18-10-14-21(31)15-11-18)25-6-3-5-24-22-4-1-2-7-27(22)33-29(24)25/h1-17H. The molecule has 2 heterocycles. The number of para-hydroxylation sites is 2. The first kappa shape index (κ1) is 20.2. The van der Waals surface area contributed by atoms with Gasteiger partial charge in [-0.2, -0.15) is 0 Å². The summed E-state index contributed by atoms with van der Waals surface area (Å²) >= 11 is 9.64. The quantitative estimate of drug-likeness (QED) is 0.237. The molecule has 6 rings (SSSR count). The van der Waals surface area contributed by atoms with Crippen molar-refractivity contribution in [2.75, 3.05) is 0 Å². The Bertz CT molecular complexity index is 1620. The van der Waals surface area contributed by atoms with Gasteiger partial charge in [-0.05, 0) is 42.5 Å². The summed E-state index contributed by atoms with van der Waals surface area (Å²) in [6.07, 6.45) is 0. The summed E-state index contributed by atoms with van der Waals surface area (Å²) in [6, 6.07) is 34.7. The maximum absolute atomic E-state index is 6.33. The Morgan fingerprint density at radius 1 is 0.636 bits per heavy atom. The lowest BCUT2D eigenvalue weighted by atomic mass is 9.96. The maximum atomic E-state index is 6.33. The summed E-state index contributed by atoms with van der Waals surface area (Å²) < 4.78 is 7.35. The Hall–Kier alpha value is -3.40. The van der Waals surface area contributed by atoms with E-state index in [-0.39, 0.29) is 0 Å². The fourth-order valence-corrected chi connectivity index (χ4v) is 4.64. The molecule has 0 atom stereocenters. The molecule has 2 nitrogen and oxygen atoms in total. The third-order valence-electron chi connectivity index (χ3n) is 5.85. The second-order valence-corrected chi connectivity index (χ2v) is 9.24. The lowest BCUT2D eigenvalue weighted by Gasteiger charge is -2.13. The summed E-state index contributed by atoms with van der Waals surface area (Å²) in [6.45, 7) is 0. The van der Waals surface area contributed by atoms with E-state index in [2.05, 4.69) is 64.5 Å². The number of rotatable bonds is 3. The Balaban J connectivity index is 1.62. The molecule has 0 radical (unpaired) electrons. The highest BCUT2D eigenvalue weighted by Gasteiger charge is 2.17. The van der Waals surface area contributed by atoms with Crippen molar-refractivity contribution in [1.29, 1.82) is 0 Å². The minimum Gasteiger partial charge on any atom is -0.455 e. The van der Waals surface area contributed by atoms with Crippen LogP contribution in [0.2, 0.25) is 5.02 Å². The van der Waals surface area contributed by atoms with Crippen LogP contribution >= 0.6 is 27.5 Å². The van der Waals surface area contributed by atoms with Gasteiger partial charge in [0.05, 0.1) is 11.4 Å². The number of aromatic nitrogens is 1. The van der Waals surface area contributed by atoms with E-state index in [9.17, 15) is 0 Å². The molecular weight excluding hydrogens is 494 g/mol. The van der Waals surface area contributed by atoms with Gasteiger partial charge in [0.15, 0.2) is 0 Å². The van der Waals surface area contributed by atoms with Gasteiger partial charge in [0.2, 0.25) is 0 Å². The van der Waals surface area contributed by atoms with Crippen LogP contribution in [0.1, 0.15) is 0 Å². The van der Waals surface area contributed by atoms with E-state index in [1.165, 1.54) is 0 Å². The Kier molecular flexibility index (Phi) is 5.01. The Morgan fingerprint density at radius 3 is 2.18 bits per heavy atom. The lowest BCUT2D eigenvalue weighted by molar-refractivity contribution is 0.670. The topological polar surface area (TPSA) is 26.0 Å². The van der Waals surface area contributed by atoms with Gasteiger partial charge in [-0.1, -0.05) is 88.2 Å². The molecule has 4 aromatic carbocycles. The number of furan rings is 1. The van der Waals surface area contributed by atoms with Crippen LogP contribution in [0.3, 0.4) is 0 Å². The molecule has 6 aromatic rings. The summed E-state index contributed by atoms with van der Waals surface area (Å²) in [4.78, 5) is 5.11. The molecule has 2 aromatic heterocycles. The number of hydrogen-bond acceptors (Lipinski definition) is 2. The van der Waals surface area contributed by atoms with Gasteiger partial charge in [0.1, 0.15) is 11.2 Å². The van der Waals surface area contributed by atoms with Gasteiger partial charge in [-0.25, -0.2) is 4.98 Å². The van der Waals surface area contributed by atoms with E-state index < -0.39 is 0 Å². The molecule has 158 valence electrons. The van der Waals surface area contributed by atoms with E-state index in [1.54, 1.807) is 0 Å². The van der Waals surface area contributed by atoms with Crippen LogP contribution in [-0.4, -0.2) is 4.98 Å². The first-order valence-corrected chi connectivity index (χ1v) is 11.8. The molecule has 0 saturated heterocycles. The third-order valence-corrected chi connectivity index (χ3v) is 6.63. The molecule has 0 fully saturated rings. The molecule has 0 spiro atoms. The van der Waals surface area contributed by atoms with Gasteiger partial charge < -0.3 is 4.42 Å². The van der Waals surface area contributed by atoms with Crippen molar-refractivity contribution in [3.8, 4) is 33.6 Å².